The summed E-state index contributed by atoms with van der Waals surface area (Å²) in [6.45, 7) is -2.14. The molecular formula is C56H94N4O40. The molecular weight excluding hydrogens is 1370 g/mol. The fourth-order valence-electron chi connectivity index (χ4n) is 12.8. The lowest BCUT2D eigenvalue weighted by Crippen LogP contribution is -2.71. The van der Waals surface area contributed by atoms with E-state index in [-0.39, 0.29) is 0 Å². The van der Waals surface area contributed by atoms with Crippen molar-refractivity contribution in [1.82, 2.24) is 21.3 Å². The first-order chi connectivity index (χ1) is 47.2. The fourth-order valence-corrected chi connectivity index (χ4v) is 12.8. The van der Waals surface area contributed by atoms with E-state index in [2.05, 4.69) is 21.3 Å². The number of ether oxygens (including phenoxy) is 15. The summed E-state index contributed by atoms with van der Waals surface area (Å²) in [5.74, 6) is -3.51. The zero-order chi connectivity index (χ0) is 73.8. The molecule has 100 heavy (non-hydrogen) atoms. The summed E-state index contributed by atoms with van der Waals surface area (Å²) in [6.07, 6.45) is -72.5. The molecule has 25 N–H and O–H groups in total. The van der Waals surface area contributed by atoms with Gasteiger partial charge in [-0.15, -0.1) is 0 Å². The SMILES string of the molecule is CC(=O)N[C@H]1[C@H](O[C@H]2[C@H](O)[C@@H](NC(C)=O)C(O)O[C@@H]2CO[C@@H]2O[C@@H](C)[C@@H](O)[C@@H](O)[C@@H]2O)O[C@H](CO)[C@@H](O[C@@H]2O[C@H](CO[C@H]3O[C@H](CO)[C@@H](O)[C@H](O)[C@@H]3O[C@@H]3O[C@H](CO)[C@@H](O)[C@H](O)[C@H]3NC(C)=O)[C@@H](O[C@@H]3O[C@H](CO)[C@@H](O)[C@H](O)[C@H]3NC(C)=O)[C@H](O[C@H]3O[C@H](CO)[C@@H](O)[C@H](O)[C@@H]3O)[C@@H]2O)[C@@H]1O. The van der Waals surface area contributed by atoms with Crippen LogP contribution >= 0.6 is 0 Å². The van der Waals surface area contributed by atoms with Crippen LogP contribution < -0.4 is 21.3 Å². The van der Waals surface area contributed by atoms with Crippen molar-refractivity contribution in [1.29, 1.82) is 0 Å². The number of rotatable bonds is 25. The highest BCUT2D eigenvalue weighted by Gasteiger charge is 2.60. The number of amides is 4. The van der Waals surface area contributed by atoms with Crippen LogP contribution in [0, 0.1) is 0 Å². The van der Waals surface area contributed by atoms with Crippen LogP contribution in [0.4, 0.5) is 0 Å². The number of carbonyl (C=O) groups is 4. The van der Waals surface area contributed by atoms with Crippen LogP contribution in [0.5, 0.6) is 0 Å². The van der Waals surface area contributed by atoms with E-state index in [1.807, 2.05) is 0 Å². The normalized spacial score (nSPS) is 48.7. The van der Waals surface area contributed by atoms with Crippen LogP contribution in [-0.4, -0.2) is 423 Å². The van der Waals surface area contributed by atoms with E-state index < -0.39 is 315 Å². The average molecular weight is 1460 g/mol. The zero-order valence-electron chi connectivity index (χ0n) is 54.2. The third kappa shape index (κ3) is 18.3. The van der Waals surface area contributed by atoms with E-state index >= 15 is 0 Å². The van der Waals surface area contributed by atoms with Crippen LogP contribution in [0.25, 0.3) is 0 Å². The molecule has 40 atom stereocenters. The molecule has 44 heteroatoms. The molecule has 0 aromatic rings. The summed E-state index contributed by atoms with van der Waals surface area (Å²) in [5, 5.41) is 242. The molecule has 578 valence electrons. The Morgan fingerprint density at radius 3 is 1.09 bits per heavy atom. The van der Waals surface area contributed by atoms with Crippen molar-refractivity contribution in [2.75, 3.05) is 46.2 Å². The predicted molar refractivity (Wildman–Crippen MR) is 309 cm³/mol. The lowest BCUT2D eigenvalue weighted by atomic mass is 9.93. The van der Waals surface area contributed by atoms with Gasteiger partial charge in [0.2, 0.25) is 23.6 Å². The van der Waals surface area contributed by atoms with Crippen molar-refractivity contribution >= 4 is 23.6 Å². The maximum atomic E-state index is 13.1. The molecule has 8 rings (SSSR count). The van der Waals surface area contributed by atoms with Crippen LogP contribution in [0.1, 0.15) is 34.6 Å². The first kappa shape index (κ1) is 82.1. The van der Waals surface area contributed by atoms with Gasteiger partial charge in [0.15, 0.2) is 50.3 Å². The molecule has 4 amide bonds. The van der Waals surface area contributed by atoms with Crippen molar-refractivity contribution in [3.63, 3.8) is 0 Å². The second-order valence-electron chi connectivity index (χ2n) is 25.4. The van der Waals surface area contributed by atoms with Crippen molar-refractivity contribution < 1.29 is 197 Å². The van der Waals surface area contributed by atoms with Crippen molar-refractivity contribution in [3.8, 4) is 0 Å². The summed E-state index contributed by atoms with van der Waals surface area (Å²) in [6, 6.07) is -7.28. The summed E-state index contributed by atoms with van der Waals surface area (Å²) >= 11 is 0. The van der Waals surface area contributed by atoms with Gasteiger partial charge in [0.05, 0.1) is 52.4 Å². The number of nitrogens with one attached hydrogen (secondary N) is 4. The fraction of sp³-hybridized carbons (Fsp3) is 0.929. The third-order valence-corrected chi connectivity index (χ3v) is 18.2. The van der Waals surface area contributed by atoms with Gasteiger partial charge in [-0.2, -0.15) is 0 Å². The van der Waals surface area contributed by atoms with E-state index in [1.54, 1.807) is 0 Å². The maximum Gasteiger partial charge on any atom is 0.217 e. The Balaban J connectivity index is 1.19. The minimum Gasteiger partial charge on any atom is -0.394 e. The highest BCUT2D eigenvalue weighted by atomic mass is 16.8. The maximum absolute atomic E-state index is 13.1. The van der Waals surface area contributed by atoms with Crippen LogP contribution in [0.3, 0.4) is 0 Å². The molecule has 8 aliphatic rings. The molecule has 1 unspecified atom stereocenters. The molecule has 0 bridgehead atoms. The number of carbonyl (C=O) groups excluding carboxylic acids is 4. The van der Waals surface area contributed by atoms with E-state index in [0.717, 1.165) is 27.7 Å². The monoisotopic (exact) mass is 1460 g/mol. The minimum absolute atomic E-state index is 0.815. The molecule has 0 saturated carbocycles. The Bertz CT molecular complexity index is 2620. The Labute approximate surface area is 567 Å². The summed E-state index contributed by atoms with van der Waals surface area (Å²) in [4.78, 5) is 50.7. The molecule has 0 aliphatic carbocycles. The van der Waals surface area contributed by atoms with Gasteiger partial charge in [0.25, 0.3) is 0 Å². The highest BCUT2D eigenvalue weighted by molar-refractivity contribution is 5.74. The Hall–Kier alpha value is -3.56. The first-order valence-corrected chi connectivity index (χ1v) is 32.0. The van der Waals surface area contributed by atoms with Gasteiger partial charge in [-0.25, -0.2) is 0 Å². The molecule has 0 aromatic heterocycles. The molecule has 8 aliphatic heterocycles. The lowest BCUT2D eigenvalue weighted by molar-refractivity contribution is -0.400. The predicted octanol–water partition coefficient (Wildman–Crippen LogP) is -16.8. The van der Waals surface area contributed by atoms with E-state index in [9.17, 15) is 126 Å². The quantitative estimate of drug-likeness (QED) is 0.0404. The molecule has 0 radical (unpaired) electrons. The molecule has 0 spiro atoms. The van der Waals surface area contributed by atoms with Crippen molar-refractivity contribution in [2.24, 2.45) is 0 Å². The average Bonchev–Trinajstić information content (AvgIpc) is 0.758. The Kier molecular flexibility index (Phi) is 29.3. The van der Waals surface area contributed by atoms with Crippen LogP contribution in [-0.2, 0) is 90.2 Å². The number of hydrogen-bond donors (Lipinski definition) is 25. The molecule has 8 saturated heterocycles. The van der Waals surface area contributed by atoms with E-state index in [1.165, 1.54) is 6.92 Å². The molecule has 44 nitrogen and oxygen atoms in total. The van der Waals surface area contributed by atoms with Gasteiger partial charge in [-0.05, 0) is 6.92 Å². The van der Waals surface area contributed by atoms with Gasteiger partial charge in [-0.1, -0.05) is 0 Å². The smallest absolute Gasteiger partial charge is 0.217 e. The third-order valence-electron chi connectivity index (χ3n) is 18.2. The molecule has 0 aromatic carbocycles. The summed E-state index contributed by atoms with van der Waals surface area (Å²) in [5.41, 5.74) is 0. The molecule has 8 fully saturated rings. The highest BCUT2D eigenvalue weighted by Crippen LogP contribution is 2.39. The molecule has 8 heterocycles. The largest absolute Gasteiger partial charge is 0.394 e. The minimum atomic E-state index is -2.54. The van der Waals surface area contributed by atoms with Gasteiger partial charge in [-0.3, -0.25) is 19.2 Å². The number of hydrogen-bond acceptors (Lipinski definition) is 40. The second kappa shape index (κ2) is 35.7. The summed E-state index contributed by atoms with van der Waals surface area (Å²) < 4.78 is 90.0. The van der Waals surface area contributed by atoms with Crippen LogP contribution in [0.15, 0.2) is 0 Å². The van der Waals surface area contributed by atoms with E-state index in [0.29, 0.717) is 0 Å². The van der Waals surface area contributed by atoms with E-state index in [4.69, 9.17) is 71.1 Å². The Morgan fingerprint density at radius 2 is 0.600 bits per heavy atom. The van der Waals surface area contributed by atoms with Crippen molar-refractivity contribution in [2.45, 2.75) is 280 Å². The Morgan fingerprint density at radius 1 is 0.280 bits per heavy atom. The number of aliphatic hydroxyl groups is 21. The van der Waals surface area contributed by atoms with Gasteiger partial charge < -0.3 is 200 Å². The first-order valence-electron chi connectivity index (χ1n) is 32.0. The summed E-state index contributed by atoms with van der Waals surface area (Å²) in [7, 11) is 0. The second-order valence-corrected chi connectivity index (χ2v) is 25.4. The topological polar surface area (TPSA) is 680 Å². The number of aliphatic hydroxyl groups excluding tert-OH is 21. The van der Waals surface area contributed by atoms with Gasteiger partial charge >= 0.3 is 0 Å². The van der Waals surface area contributed by atoms with Gasteiger partial charge in [0.1, 0.15) is 189 Å². The lowest BCUT2D eigenvalue weighted by Gasteiger charge is -2.52. The van der Waals surface area contributed by atoms with Crippen molar-refractivity contribution in [3.05, 3.63) is 0 Å². The standard InChI is InChI=1S/C56H94N4O40/c1-13-29(70)38(79)41(82)53(88-13)86-11-23-45(36(77)25(49(85)89-23)57-14(2)66)96-52-28(60-17(5)69)37(78)44(22(10-65)94-52)97-55-43(84)47(99-54-42(83)39(80)32(73)20(8-63)92-54)46(98-50-26(58-15(3)67)34(75)30(71)18(6-61)90-50)24(95-55)12-87-56-48(40(81)33(74)21(9-64)93-56)100-51-27(59-16(4)68)35(76)31(72)19(7-62)91-51/h13,18-56,61-65,70-85H,6-12H2,1-5H3,(H,57,66)(H,58,67)(H,59,68)(H,60,69)/t13-,18+,19+,20+,21+,22+,23+,24+,25+,26+,27+,28+,29+,30+,31+,32+,33+,34+,35+,36+,37+,38+,39-,40-,41-,42-,43-,44+,45+,46+,47+,48-,49?,50-,51-,52-,53+,54+,55-,56-/m0/s1. The van der Waals surface area contributed by atoms with Gasteiger partial charge in [0, 0.05) is 27.7 Å². The van der Waals surface area contributed by atoms with Crippen LogP contribution in [0.2, 0.25) is 0 Å². The zero-order valence-corrected chi connectivity index (χ0v) is 54.2.